The Morgan fingerprint density at radius 1 is 1.35 bits per heavy atom. The number of cyclic esters (lactones) is 1. The Morgan fingerprint density at radius 2 is 2.10 bits per heavy atom. The van der Waals surface area contributed by atoms with Crippen molar-refractivity contribution in [2.75, 3.05) is 13.7 Å². The van der Waals surface area contributed by atoms with E-state index in [1.54, 1.807) is 7.11 Å². The van der Waals surface area contributed by atoms with Crippen molar-refractivity contribution in [2.24, 2.45) is 11.8 Å². The van der Waals surface area contributed by atoms with Gasteiger partial charge in [-0.1, -0.05) is 26.8 Å². The van der Waals surface area contributed by atoms with E-state index in [4.69, 9.17) is 14.2 Å². The molecule has 0 bridgehead atoms. The monoisotopic (exact) mass is 278 g/mol. The molecule has 0 amide bonds. The van der Waals surface area contributed by atoms with Crippen molar-refractivity contribution in [3.05, 3.63) is 23.8 Å². The zero-order chi connectivity index (χ0) is 14.7. The second-order valence-corrected chi connectivity index (χ2v) is 5.68. The van der Waals surface area contributed by atoms with Crippen LogP contribution in [0.5, 0.6) is 11.5 Å². The van der Waals surface area contributed by atoms with Gasteiger partial charge >= 0.3 is 5.97 Å². The molecule has 2 atom stereocenters. The van der Waals surface area contributed by atoms with E-state index >= 15 is 0 Å². The molecule has 1 saturated heterocycles. The lowest BCUT2D eigenvalue weighted by Gasteiger charge is -2.16. The van der Waals surface area contributed by atoms with Crippen molar-refractivity contribution >= 4 is 5.97 Å². The standard InChI is InChI=1S/C16H22O4/c1-10(2)9-19-15-8-12(5-6-13(15)18-4)14-7-11(3)16(17)20-14/h5-6,8,10-11,14H,7,9H2,1-4H3/t11?,14-/m0/s1. The fourth-order valence-corrected chi connectivity index (χ4v) is 2.19. The number of benzene rings is 1. The van der Waals surface area contributed by atoms with Crippen molar-refractivity contribution in [3.63, 3.8) is 0 Å². The minimum absolute atomic E-state index is 0.0397. The van der Waals surface area contributed by atoms with Gasteiger partial charge in [0.2, 0.25) is 0 Å². The number of ether oxygens (including phenoxy) is 3. The van der Waals surface area contributed by atoms with Crippen LogP contribution in [0.15, 0.2) is 18.2 Å². The van der Waals surface area contributed by atoms with Crippen molar-refractivity contribution in [1.82, 2.24) is 0 Å². The first-order chi connectivity index (χ1) is 9.51. The third-order valence-corrected chi connectivity index (χ3v) is 3.36. The molecule has 0 radical (unpaired) electrons. The van der Waals surface area contributed by atoms with Crippen LogP contribution in [0.4, 0.5) is 0 Å². The number of rotatable bonds is 5. The average molecular weight is 278 g/mol. The van der Waals surface area contributed by atoms with Crippen LogP contribution in [0, 0.1) is 11.8 Å². The third-order valence-electron chi connectivity index (χ3n) is 3.36. The zero-order valence-corrected chi connectivity index (χ0v) is 12.5. The fourth-order valence-electron chi connectivity index (χ4n) is 2.19. The highest BCUT2D eigenvalue weighted by Crippen LogP contribution is 2.37. The number of hydrogen-bond acceptors (Lipinski definition) is 4. The molecule has 4 nitrogen and oxygen atoms in total. The van der Waals surface area contributed by atoms with E-state index in [1.807, 2.05) is 25.1 Å². The van der Waals surface area contributed by atoms with E-state index in [2.05, 4.69) is 13.8 Å². The van der Waals surface area contributed by atoms with E-state index < -0.39 is 0 Å². The molecule has 1 aliphatic rings. The lowest BCUT2D eigenvalue weighted by Crippen LogP contribution is -2.06. The van der Waals surface area contributed by atoms with Crippen molar-refractivity contribution in [2.45, 2.75) is 33.3 Å². The largest absolute Gasteiger partial charge is 0.493 e. The molecular weight excluding hydrogens is 256 g/mol. The minimum atomic E-state index is -0.176. The molecular formula is C16H22O4. The molecule has 1 aromatic carbocycles. The summed E-state index contributed by atoms with van der Waals surface area (Å²) in [7, 11) is 1.62. The molecule has 110 valence electrons. The van der Waals surface area contributed by atoms with Gasteiger partial charge in [0.25, 0.3) is 0 Å². The highest BCUT2D eigenvalue weighted by Gasteiger charge is 2.32. The first kappa shape index (κ1) is 14.7. The van der Waals surface area contributed by atoms with Crippen LogP contribution in [0.25, 0.3) is 0 Å². The Hall–Kier alpha value is -1.71. The van der Waals surface area contributed by atoms with Crippen LogP contribution in [0.2, 0.25) is 0 Å². The lowest BCUT2D eigenvalue weighted by atomic mass is 10.0. The predicted molar refractivity (Wildman–Crippen MR) is 75.9 cm³/mol. The van der Waals surface area contributed by atoms with Gasteiger partial charge in [0.15, 0.2) is 11.5 Å². The Kier molecular flexibility index (Phi) is 4.53. The van der Waals surface area contributed by atoms with Gasteiger partial charge in [-0.25, -0.2) is 0 Å². The zero-order valence-electron chi connectivity index (χ0n) is 12.5. The van der Waals surface area contributed by atoms with E-state index in [0.717, 1.165) is 12.0 Å². The van der Waals surface area contributed by atoms with Crippen LogP contribution >= 0.6 is 0 Å². The van der Waals surface area contributed by atoms with Gasteiger partial charge in [-0.2, -0.15) is 0 Å². The Labute approximate surface area is 120 Å². The summed E-state index contributed by atoms with van der Waals surface area (Å²) in [6.07, 6.45) is 0.541. The Bertz CT molecular complexity index is 481. The molecule has 1 aromatic rings. The second-order valence-electron chi connectivity index (χ2n) is 5.68. The summed E-state index contributed by atoms with van der Waals surface area (Å²) in [6.45, 7) is 6.70. The first-order valence-electron chi connectivity index (χ1n) is 7.02. The van der Waals surface area contributed by atoms with E-state index in [9.17, 15) is 4.79 Å². The molecule has 1 unspecified atom stereocenters. The third kappa shape index (κ3) is 3.24. The van der Waals surface area contributed by atoms with Crippen molar-refractivity contribution < 1.29 is 19.0 Å². The molecule has 2 rings (SSSR count). The smallest absolute Gasteiger partial charge is 0.309 e. The van der Waals surface area contributed by atoms with Crippen LogP contribution in [0.3, 0.4) is 0 Å². The summed E-state index contributed by atoms with van der Waals surface area (Å²) in [6, 6.07) is 5.70. The summed E-state index contributed by atoms with van der Waals surface area (Å²) < 4.78 is 16.5. The maximum atomic E-state index is 11.5. The average Bonchev–Trinajstić information content (AvgIpc) is 2.76. The van der Waals surface area contributed by atoms with Gasteiger partial charge in [0.05, 0.1) is 19.6 Å². The highest BCUT2D eigenvalue weighted by atomic mass is 16.6. The highest BCUT2D eigenvalue weighted by molar-refractivity contribution is 5.74. The van der Waals surface area contributed by atoms with Gasteiger partial charge in [0, 0.05) is 6.42 Å². The maximum Gasteiger partial charge on any atom is 0.309 e. The Balaban J connectivity index is 2.18. The molecule has 1 heterocycles. The summed E-state index contributed by atoms with van der Waals surface area (Å²) in [5, 5.41) is 0. The predicted octanol–water partition coefficient (Wildman–Crippen LogP) is 3.35. The number of esters is 1. The second kappa shape index (κ2) is 6.16. The van der Waals surface area contributed by atoms with Crippen LogP contribution in [-0.4, -0.2) is 19.7 Å². The topological polar surface area (TPSA) is 44.8 Å². The van der Waals surface area contributed by atoms with Gasteiger partial charge in [-0.05, 0) is 23.6 Å². The minimum Gasteiger partial charge on any atom is -0.493 e. The number of carbonyl (C=O) groups is 1. The molecule has 0 spiro atoms. The van der Waals surface area contributed by atoms with Crippen LogP contribution in [-0.2, 0) is 9.53 Å². The summed E-state index contributed by atoms with van der Waals surface area (Å²) in [5.41, 5.74) is 0.960. The van der Waals surface area contributed by atoms with Gasteiger partial charge in [0.1, 0.15) is 6.10 Å². The van der Waals surface area contributed by atoms with Gasteiger partial charge in [-0.3, -0.25) is 4.79 Å². The van der Waals surface area contributed by atoms with Gasteiger partial charge < -0.3 is 14.2 Å². The number of carbonyl (C=O) groups excluding carboxylic acids is 1. The lowest BCUT2D eigenvalue weighted by molar-refractivity contribution is -0.144. The molecule has 0 saturated carbocycles. The molecule has 1 aliphatic heterocycles. The van der Waals surface area contributed by atoms with Crippen molar-refractivity contribution in [3.8, 4) is 11.5 Å². The summed E-state index contributed by atoms with van der Waals surface area (Å²) in [5.74, 6) is 1.67. The number of hydrogen-bond donors (Lipinski definition) is 0. The van der Waals surface area contributed by atoms with Crippen LogP contribution < -0.4 is 9.47 Å². The normalized spacial score (nSPS) is 21.9. The van der Waals surface area contributed by atoms with E-state index in [0.29, 0.717) is 24.0 Å². The number of methoxy groups -OCH3 is 1. The first-order valence-corrected chi connectivity index (χ1v) is 7.02. The Morgan fingerprint density at radius 3 is 2.65 bits per heavy atom. The molecule has 20 heavy (non-hydrogen) atoms. The molecule has 0 N–H and O–H groups in total. The maximum absolute atomic E-state index is 11.5. The molecule has 4 heteroatoms. The molecule has 1 fully saturated rings. The molecule has 0 aliphatic carbocycles. The van der Waals surface area contributed by atoms with E-state index in [1.165, 1.54) is 0 Å². The fraction of sp³-hybridized carbons (Fsp3) is 0.562. The van der Waals surface area contributed by atoms with Crippen LogP contribution in [0.1, 0.15) is 38.9 Å². The summed E-state index contributed by atoms with van der Waals surface area (Å²) in [4.78, 5) is 11.5. The molecule has 0 aromatic heterocycles. The van der Waals surface area contributed by atoms with E-state index in [-0.39, 0.29) is 18.0 Å². The van der Waals surface area contributed by atoms with Crippen molar-refractivity contribution in [1.29, 1.82) is 0 Å². The van der Waals surface area contributed by atoms with Gasteiger partial charge in [-0.15, -0.1) is 0 Å². The quantitative estimate of drug-likeness (QED) is 0.775. The summed E-state index contributed by atoms with van der Waals surface area (Å²) >= 11 is 0. The SMILES string of the molecule is COc1ccc([C@@H]2CC(C)C(=O)O2)cc1OCC(C)C.